The van der Waals surface area contributed by atoms with Gasteiger partial charge in [-0.25, -0.2) is 4.39 Å². The molecule has 2 aromatic carbocycles. The molecule has 2 aromatic rings. The fraction of sp³-hybridized carbons (Fsp3) is 0.263. The van der Waals surface area contributed by atoms with Crippen LogP contribution >= 0.6 is 0 Å². The third-order valence-electron chi connectivity index (χ3n) is 4.27. The number of amides is 1. The van der Waals surface area contributed by atoms with Gasteiger partial charge in [0.1, 0.15) is 23.3 Å². The van der Waals surface area contributed by atoms with Crippen LogP contribution in [0.2, 0.25) is 0 Å². The van der Waals surface area contributed by atoms with Crippen LogP contribution in [0.3, 0.4) is 0 Å². The third kappa shape index (κ3) is 3.19. The first kappa shape index (κ1) is 16.9. The second kappa shape index (κ2) is 6.19. The van der Waals surface area contributed by atoms with Gasteiger partial charge < -0.3 is 15.2 Å². The fourth-order valence-electron chi connectivity index (χ4n) is 2.85. The normalized spacial score (nSPS) is 20.8. The van der Waals surface area contributed by atoms with E-state index in [0.717, 1.165) is 0 Å². The lowest BCUT2D eigenvalue weighted by molar-refractivity contribution is -0.0627. The van der Waals surface area contributed by atoms with Crippen molar-refractivity contribution >= 4 is 5.91 Å². The number of carbonyl (C=O) groups is 1. The Bertz CT molecular complexity index is 856. The van der Waals surface area contributed by atoms with Gasteiger partial charge in [-0.15, -0.1) is 0 Å². The first-order valence-electron chi connectivity index (χ1n) is 7.79. The third-order valence-corrected chi connectivity index (χ3v) is 4.27. The molecule has 0 spiro atoms. The van der Waals surface area contributed by atoms with E-state index in [1.54, 1.807) is 32.0 Å². The maximum atomic E-state index is 13.0. The van der Waals surface area contributed by atoms with Crippen LogP contribution in [0.5, 0.6) is 5.75 Å². The summed E-state index contributed by atoms with van der Waals surface area (Å²) in [5.74, 6) is -0.387. The van der Waals surface area contributed by atoms with Gasteiger partial charge in [-0.3, -0.25) is 4.79 Å². The SMILES string of the molecule is CC1(C)Oc2ccc(C#N)cc2C(NC(=O)c2ccc(F)cc2)[C@@H]1O. The predicted octanol–water partition coefficient (Wildman–Crippen LogP) is 2.70. The van der Waals surface area contributed by atoms with Crippen molar-refractivity contribution in [3.05, 3.63) is 65.0 Å². The molecule has 6 heteroatoms. The van der Waals surface area contributed by atoms with Gasteiger partial charge in [0, 0.05) is 11.1 Å². The van der Waals surface area contributed by atoms with E-state index in [0.29, 0.717) is 16.9 Å². The van der Waals surface area contributed by atoms with E-state index in [1.165, 1.54) is 24.3 Å². The lowest BCUT2D eigenvalue weighted by Crippen LogP contribution is -2.53. The van der Waals surface area contributed by atoms with Crippen molar-refractivity contribution in [2.45, 2.75) is 31.6 Å². The highest BCUT2D eigenvalue weighted by molar-refractivity contribution is 5.94. The first-order valence-corrected chi connectivity index (χ1v) is 7.79. The summed E-state index contributed by atoms with van der Waals surface area (Å²) in [7, 11) is 0. The average Bonchev–Trinajstić information content (AvgIpc) is 2.59. The minimum atomic E-state index is -1.03. The van der Waals surface area contributed by atoms with Gasteiger partial charge in [0.15, 0.2) is 0 Å². The van der Waals surface area contributed by atoms with Crippen LogP contribution in [0.4, 0.5) is 4.39 Å². The summed E-state index contributed by atoms with van der Waals surface area (Å²) in [4.78, 5) is 12.5. The number of rotatable bonds is 2. The topological polar surface area (TPSA) is 82.3 Å². The number of aliphatic hydroxyl groups is 1. The summed E-state index contributed by atoms with van der Waals surface area (Å²) in [6, 6.07) is 11.3. The quantitative estimate of drug-likeness (QED) is 0.881. The molecule has 0 radical (unpaired) electrons. The standard InChI is InChI=1S/C19H17FN2O3/c1-19(2)17(23)16(14-9-11(10-21)3-8-15(14)25-19)22-18(24)12-4-6-13(20)7-5-12/h3-9,16-17,23H,1-2H3,(H,22,24)/t16?,17-/m0/s1. The Morgan fingerprint density at radius 2 is 1.96 bits per heavy atom. The lowest BCUT2D eigenvalue weighted by Gasteiger charge is -2.42. The zero-order valence-corrected chi connectivity index (χ0v) is 13.8. The number of ether oxygens (including phenoxy) is 1. The molecule has 2 N–H and O–H groups in total. The summed E-state index contributed by atoms with van der Waals surface area (Å²) in [5, 5.41) is 22.5. The summed E-state index contributed by atoms with van der Waals surface area (Å²) >= 11 is 0. The molecule has 1 aliphatic heterocycles. The molecule has 1 heterocycles. The van der Waals surface area contributed by atoms with Crippen LogP contribution in [0.25, 0.3) is 0 Å². The number of fused-ring (bicyclic) bond motifs is 1. The molecule has 0 fully saturated rings. The van der Waals surface area contributed by atoms with Crippen molar-refractivity contribution in [3.63, 3.8) is 0 Å². The van der Waals surface area contributed by atoms with Gasteiger partial charge in [-0.2, -0.15) is 5.26 Å². The average molecular weight is 340 g/mol. The number of hydrogen-bond acceptors (Lipinski definition) is 4. The van der Waals surface area contributed by atoms with Crippen LogP contribution < -0.4 is 10.1 Å². The number of aliphatic hydroxyl groups excluding tert-OH is 1. The predicted molar refractivity (Wildman–Crippen MR) is 88.5 cm³/mol. The summed E-state index contributed by atoms with van der Waals surface area (Å²) in [6.45, 7) is 3.44. The van der Waals surface area contributed by atoms with E-state index in [4.69, 9.17) is 10.00 Å². The van der Waals surface area contributed by atoms with Crippen molar-refractivity contribution in [1.82, 2.24) is 5.32 Å². The first-order chi connectivity index (χ1) is 11.8. The number of nitrogens with one attached hydrogen (secondary N) is 1. The van der Waals surface area contributed by atoms with Gasteiger partial charge in [0.05, 0.1) is 17.7 Å². The second-order valence-corrected chi connectivity index (χ2v) is 6.47. The van der Waals surface area contributed by atoms with E-state index in [2.05, 4.69) is 5.32 Å². The van der Waals surface area contributed by atoms with Gasteiger partial charge in [-0.1, -0.05) is 0 Å². The Kier molecular flexibility index (Phi) is 4.19. The zero-order chi connectivity index (χ0) is 18.2. The molecule has 1 amide bonds. The van der Waals surface area contributed by atoms with Gasteiger partial charge in [0.2, 0.25) is 0 Å². The van der Waals surface area contributed by atoms with Crippen molar-refractivity contribution in [2.24, 2.45) is 0 Å². The molecular formula is C19H17FN2O3. The van der Waals surface area contributed by atoms with Crippen molar-refractivity contribution in [2.75, 3.05) is 0 Å². The van der Waals surface area contributed by atoms with Crippen LogP contribution in [-0.2, 0) is 0 Å². The highest BCUT2D eigenvalue weighted by Gasteiger charge is 2.43. The minimum Gasteiger partial charge on any atom is -0.485 e. The van der Waals surface area contributed by atoms with Crippen molar-refractivity contribution in [3.8, 4) is 11.8 Å². The number of nitrogens with zero attached hydrogens (tertiary/aromatic N) is 1. The highest BCUT2D eigenvalue weighted by atomic mass is 19.1. The van der Waals surface area contributed by atoms with E-state index in [1.807, 2.05) is 6.07 Å². The lowest BCUT2D eigenvalue weighted by atomic mass is 9.85. The number of hydrogen-bond donors (Lipinski definition) is 2. The van der Waals surface area contributed by atoms with E-state index >= 15 is 0 Å². The smallest absolute Gasteiger partial charge is 0.251 e. The fourth-order valence-corrected chi connectivity index (χ4v) is 2.85. The molecule has 25 heavy (non-hydrogen) atoms. The van der Waals surface area contributed by atoms with Crippen molar-refractivity contribution in [1.29, 1.82) is 5.26 Å². The van der Waals surface area contributed by atoms with Crippen LogP contribution in [0.1, 0.15) is 41.4 Å². The van der Waals surface area contributed by atoms with Gasteiger partial charge in [0.25, 0.3) is 5.91 Å². The molecule has 0 bridgehead atoms. The Morgan fingerprint density at radius 3 is 2.60 bits per heavy atom. The number of benzene rings is 2. The van der Waals surface area contributed by atoms with Gasteiger partial charge in [-0.05, 0) is 56.3 Å². The van der Waals surface area contributed by atoms with Crippen LogP contribution in [0.15, 0.2) is 42.5 Å². The number of halogens is 1. The Hall–Kier alpha value is -2.91. The molecule has 2 atom stereocenters. The molecular weight excluding hydrogens is 323 g/mol. The Labute approximate surface area is 144 Å². The molecule has 3 rings (SSSR count). The Balaban J connectivity index is 1.97. The largest absolute Gasteiger partial charge is 0.485 e. The molecule has 0 aromatic heterocycles. The number of nitriles is 1. The molecule has 0 aliphatic carbocycles. The second-order valence-electron chi connectivity index (χ2n) is 6.47. The van der Waals surface area contributed by atoms with E-state index in [-0.39, 0.29) is 5.56 Å². The maximum Gasteiger partial charge on any atom is 0.251 e. The van der Waals surface area contributed by atoms with E-state index in [9.17, 15) is 14.3 Å². The molecule has 1 aliphatic rings. The van der Waals surface area contributed by atoms with Crippen LogP contribution in [-0.4, -0.2) is 22.7 Å². The molecule has 5 nitrogen and oxygen atoms in total. The molecule has 0 saturated heterocycles. The molecule has 128 valence electrons. The molecule has 0 saturated carbocycles. The maximum absolute atomic E-state index is 13.0. The summed E-state index contributed by atoms with van der Waals surface area (Å²) in [5.41, 5.74) is 0.273. The minimum absolute atomic E-state index is 0.274. The van der Waals surface area contributed by atoms with Crippen LogP contribution in [0, 0.1) is 17.1 Å². The summed E-state index contributed by atoms with van der Waals surface area (Å²) in [6.07, 6.45) is -1.03. The highest BCUT2D eigenvalue weighted by Crippen LogP contribution is 2.40. The Morgan fingerprint density at radius 1 is 1.28 bits per heavy atom. The van der Waals surface area contributed by atoms with E-state index < -0.39 is 29.5 Å². The van der Waals surface area contributed by atoms with Crippen molar-refractivity contribution < 1.29 is 19.0 Å². The molecule has 1 unspecified atom stereocenters. The number of carbonyl (C=O) groups excluding carboxylic acids is 1. The monoisotopic (exact) mass is 340 g/mol. The van der Waals surface area contributed by atoms with Gasteiger partial charge >= 0.3 is 0 Å². The summed E-state index contributed by atoms with van der Waals surface area (Å²) < 4.78 is 18.8. The zero-order valence-electron chi connectivity index (χ0n) is 13.8.